The Hall–Kier alpha value is -2.94. The van der Waals surface area contributed by atoms with Crippen molar-refractivity contribution >= 4 is 34.5 Å². The molecule has 3 aromatic rings. The van der Waals surface area contributed by atoms with Gasteiger partial charge in [-0.15, -0.1) is 0 Å². The van der Waals surface area contributed by atoms with Gasteiger partial charge in [-0.3, -0.25) is 19.8 Å². The molecule has 0 aliphatic rings. The molecule has 3 rings (SSSR count). The van der Waals surface area contributed by atoms with Gasteiger partial charge < -0.3 is 4.98 Å². The predicted molar refractivity (Wildman–Crippen MR) is 106 cm³/mol. The van der Waals surface area contributed by atoms with E-state index in [2.05, 4.69) is 15.4 Å². The maximum absolute atomic E-state index is 13.0. The van der Waals surface area contributed by atoms with Gasteiger partial charge in [0, 0.05) is 17.7 Å². The molecule has 0 aliphatic heterocycles. The van der Waals surface area contributed by atoms with E-state index >= 15 is 0 Å². The number of aromatic nitrogens is 3. The fourth-order valence-corrected chi connectivity index (χ4v) is 3.48. The summed E-state index contributed by atoms with van der Waals surface area (Å²) >= 11 is 1.03. The average Bonchev–Trinajstić information content (AvgIpc) is 3.04. The minimum Gasteiger partial charge on any atom is -0.353 e. The molecule has 9 heteroatoms. The third-order valence-electron chi connectivity index (χ3n) is 3.97. The molecule has 7 nitrogen and oxygen atoms in total. The first-order valence-corrected chi connectivity index (χ1v) is 9.71. The Morgan fingerprint density at radius 1 is 1.29 bits per heavy atom. The molecule has 2 N–H and O–H groups in total. The molecular formula is C19H19FN4O3S. The Morgan fingerprint density at radius 2 is 2.00 bits per heavy atom. The van der Waals surface area contributed by atoms with Crippen molar-refractivity contribution in [2.75, 3.05) is 11.2 Å². The Morgan fingerprint density at radius 3 is 2.68 bits per heavy atom. The predicted octanol–water partition coefficient (Wildman–Crippen LogP) is 3.02. The van der Waals surface area contributed by atoms with Gasteiger partial charge in [0.2, 0.25) is 5.91 Å². The fraction of sp³-hybridized carbons (Fsp3) is 0.263. The lowest BCUT2D eigenvalue weighted by Crippen LogP contribution is -2.35. The minimum atomic E-state index is -0.445. The summed E-state index contributed by atoms with van der Waals surface area (Å²) < 4.78 is 14.1. The van der Waals surface area contributed by atoms with Crippen LogP contribution in [-0.2, 0) is 4.79 Å². The molecule has 2 aromatic heterocycles. The van der Waals surface area contributed by atoms with Crippen LogP contribution in [0, 0.1) is 12.7 Å². The van der Waals surface area contributed by atoms with E-state index in [1.54, 1.807) is 13.0 Å². The lowest BCUT2D eigenvalue weighted by Gasteiger charge is -2.12. The number of H-pyrrole nitrogens is 1. The van der Waals surface area contributed by atoms with Gasteiger partial charge in [0.15, 0.2) is 10.9 Å². The van der Waals surface area contributed by atoms with Gasteiger partial charge >= 0.3 is 0 Å². The number of carbonyl (C=O) groups excluding carboxylic acids is 2. The van der Waals surface area contributed by atoms with Crippen LogP contribution in [0.4, 0.5) is 4.39 Å². The number of ketones is 1. The third-order valence-corrected chi connectivity index (χ3v) is 4.91. The molecule has 0 fully saturated rings. The van der Waals surface area contributed by atoms with E-state index in [4.69, 9.17) is 0 Å². The van der Waals surface area contributed by atoms with Crippen molar-refractivity contribution in [2.45, 2.75) is 31.8 Å². The summed E-state index contributed by atoms with van der Waals surface area (Å²) in [6, 6.07) is 6.96. The van der Waals surface area contributed by atoms with Crippen LogP contribution < -0.4 is 11.0 Å². The van der Waals surface area contributed by atoms with Gasteiger partial charge in [-0.1, -0.05) is 18.7 Å². The molecule has 0 unspecified atom stereocenters. The number of hydrogen-bond acceptors (Lipinski definition) is 5. The van der Waals surface area contributed by atoms with Gasteiger partial charge in [0.25, 0.3) is 5.56 Å². The number of rotatable bonds is 7. The number of fused-ring (bicyclic) bond motifs is 1. The quantitative estimate of drug-likeness (QED) is 0.360. The van der Waals surface area contributed by atoms with Crippen molar-refractivity contribution in [1.82, 2.24) is 14.6 Å². The highest BCUT2D eigenvalue weighted by atomic mass is 32.2. The van der Waals surface area contributed by atoms with E-state index in [9.17, 15) is 18.8 Å². The van der Waals surface area contributed by atoms with Crippen LogP contribution in [-0.4, -0.2) is 32.1 Å². The topological polar surface area (TPSA) is 96.8 Å². The molecule has 146 valence electrons. The van der Waals surface area contributed by atoms with Crippen molar-refractivity contribution in [2.24, 2.45) is 0 Å². The maximum Gasteiger partial charge on any atom is 0.297 e. The summed E-state index contributed by atoms with van der Waals surface area (Å²) in [6.45, 7) is 3.65. The molecule has 2 heterocycles. The zero-order valence-electron chi connectivity index (χ0n) is 15.4. The van der Waals surface area contributed by atoms with Crippen molar-refractivity contribution in [3.63, 3.8) is 0 Å². The normalized spacial score (nSPS) is 11.0. The Balaban J connectivity index is 1.91. The van der Waals surface area contributed by atoms with Crippen molar-refractivity contribution in [3.8, 4) is 0 Å². The number of nitrogens with zero attached hydrogens (tertiary/aromatic N) is 2. The van der Waals surface area contributed by atoms with Crippen LogP contribution in [0.2, 0.25) is 0 Å². The number of benzene rings is 1. The van der Waals surface area contributed by atoms with Gasteiger partial charge in [-0.25, -0.2) is 9.37 Å². The number of nitrogens with one attached hydrogen (secondary N) is 2. The first kappa shape index (κ1) is 19.8. The number of carbonyl (C=O) groups is 2. The molecule has 28 heavy (non-hydrogen) atoms. The maximum atomic E-state index is 13.0. The largest absolute Gasteiger partial charge is 0.353 e. The van der Waals surface area contributed by atoms with E-state index in [0.717, 1.165) is 22.1 Å². The van der Waals surface area contributed by atoms with Crippen molar-refractivity contribution < 1.29 is 14.0 Å². The van der Waals surface area contributed by atoms with E-state index in [1.807, 2.05) is 6.92 Å². The SMILES string of the molecule is CCCC(=O)Nn1c(SCC(=O)c2ccc(F)cc2)nc2cc(C)[nH]c2c1=O. The summed E-state index contributed by atoms with van der Waals surface area (Å²) in [7, 11) is 0. The van der Waals surface area contributed by atoms with Gasteiger partial charge in [-0.2, -0.15) is 4.68 Å². The second-order valence-corrected chi connectivity index (χ2v) is 7.19. The molecule has 0 atom stereocenters. The minimum absolute atomic E-state index is 0.0172. The fourth-order valence-electron chi connectivity index (χ4n) is 2.63. The Kier molecular flexibility index (Phi) is 5.93. The molecule has 0 spiro atoms. The highest BCUT2D eigenvalue weighted by Crippen LogP contribution is 2.19. The standard InChI is InChI=1S/C19H19FN4O3S/c1-3-4-16(26)23-24-18(27)17-14(9-11(2)21-17)22-19(24)28-10-15(25)12-5-7-13(20)8-6-12/h5-9,21H,3-4,10H2,1-2H3,(H,23,26). The number of Topliss-reactive ketones (excluding diaryl/α,β-unsaturated/α-hetero) is 1. The zero-order valence-corrected chi connectivity index (χ0v) is 16.2. The number of aryl methyl sites for hydroxylation is 1. The molecule has 0 bridgehead atoms. The van der Waals surface area contributed by atoms with Crippen LogP contribution in [0.25, 0.3) is 11.0 Å². The highest BCUT2D eigenvalue weighted by Gasteiger charge is 2.17. The average molecular weight is 402 g/mol. The summed E-state index contributed by atoms with van der Waals surface area (Å²) in [5.41, 5.74) is 3.97. The van der Waals surface area contributed by atoms with Crippen LogP contribution >= 0.6 is 11.8 Å². The number of thioether (sulfide) groups is 1. The van der Waals surface area contributed by atoms with Crippen LogP contribution in [0.3, 0.4) is 0 Å². The number of amides is 1. The van der Waals surface area contributed by atoms with E-state index in [0.29, 0.717) is 17.5 Å². The van der Waals surface area contributed by atoms with Crippen LogP contribution in [0.15, 0.2) is 40.3 Å². The van der Waals surface area contributed by atoms with Gasteiger partial charge in [0.05, 0.1) is 11.3 Å². The molecular weight excluding hydrogens is 383 g/mol. The first-order chi connectivity index (χ1) is 13.4. The number of aromatic amines is 1. The van der Waals surface area contributed by atoms with Gasteiger partial charge in [-0.05, 0) is 43.7 Å². The monoisotopic (exact) mass is 402 g/mol. The number of hydrogen-bond donors (Lipinski definition) is 2. The first-order valence-electron chi connectivity index (χ1n) is 8.73. The molecule has 1 aromatic carbocycles. The number of halogens is 1. The lowest BCUT2D eigenvalue weighted by atomic mass is 10.1. The van der Waals surface area contributed by atoms with Crippen molar-refractivity contribution in [1.29, 1.82) is 0 Å². The smallest absolute Gasteiger partial charge is 0.297 e. The third kappa shape index (κ3) is 4.30. The van der Waals surface area contributed by atoms with Crippen LogP contribution in [0.1, 0.15) is 35.8 Å². The van der Waals surface area contributed by atoms with E-state index in [1.165, 1.54) is 24.3 Å². The van der Waals surface area contributed by atoms with Gasteiger partial charge in [0.1, 0.15) is 11.3 Å². The highest BCUT2D eigenvalue weighted by molar-refractivity contribution is 7.99. The Labute approximate surface area is 164 Å². The zero-order chi connectivity index (χ0) is 20.3. The lowest BCUT2D eigenvalue weighted by molar-refractivity contribution is -0.117. The molecule has 0 aliphatic carbocycles. The summed E-state index contributed by atoms with van der Waals surface area (Å²) in [5.74, 6) is -1.00. The molecule has 0 saturated heterocycles. The van der Waals surface area contributed by atoms with Crippen molar-refractivity contribution in [3.05, 3.63) is 57.8 Å². The molecule has 1 amide bonds. The summed E-state index contributed by atoms with van der Waals surface area (Å²) in [4.78, 5) is 44.5. The second kappa shape index (κ2) is 8.39. The van der Waals surface area contributed by atoms with Crippen LogP contribution in [0.5, 0.6) is 0 Å². The summed E-state index contributed by atoms with van der Waals surface area (Å²) in [5, 5.41) is 0.205. The van der Waals surface area contributed by atoms with E-state index in [-0.39, 0.29) is 34.5 Å². The second-order valence-electron chi connectivity index (χ2n) is 6.25. The Bertz CT molecular complexity index is 1090. The molecule has 0 saturated carbocycles. The molecule has 0 radical (unpaired) electrons. The summed E-state index contributed by atoms with van der Waals surface area (Å²) in [6.07, 6.45) is 0.885. The van der Waals surface area contributed by atoms with E-state index < -0.39 is 11.4 Å².